The predicted octanol–water partition coefficient (Wildman–Crippen LogP) is 19.5. The van der Waals surface area contributed by atoms with Crippen molar-refractivity contribution in [3.05, 3.63) is 353 Å². The zero-order chi connectivity index (χ0) is 52.0. The van der Waals surface area contributed by atoms with E-state index in [2.05, 4.69) is 316 Å². The summed E-state index contributed by atoms with van der Waals surface area (Å²) in [5.41, 5.74) is 27.7. The highest BCUT2D eigenvalue weighted by atomic mass is 15.1. The van der Waals surface area contributed by atoms with Crippen LogP contribution < -0.4 is 4.90 Å². The molecule has 0 atom stereocenters. The molecule has 3 aliphatic rings. The lowest BCUT2D eigenvalue weighted by Crippen LogP contribution is -2.28. The fourth-order valence-corrected chi connectivity index (χ4v) is 14.2. The van der Waals surface area contributed by atoms with Gasteiger partial charge >= 0.3 is 0 Å². The van der Waals surface area contributed by atoms with Crippen LogP contribution >= 0.6 is 0 Å². The largest absolute Gasteiger partial charge is 0.310 e. The lowest BCUT2D eigenvalue weighted by Gasteiger charge is -2.34. The smallest absolute Gasteiger partial charge is 0.0713 e. The summed E-state index contributed by atoms with van der Waals surface area (Å²) >= 11 is 0. The highest BCUT2D eigenvalue weighted by molar-refractivity contribution is 5.93. The summed E-state index contributed by atoms with van der Waals surface area (Å²) in [5, 5.41) is 0. The first-order chi connectivity index (χ1) is 38.4. The standard InChI is InChI=1S/C77H55N/c1-75(2)69-38-18-15-35-63(69)68-51-62(43-46-70(68)75)78(60-33-21-23-52(47-60)54-41-44-73-66(49-54)64-36-16-19-39-71(64)76(73,56-25-7-3-8-26-56)57-27-9-4-10-28-57)61-34-22-24-53(48-61)55-42-45-74-67(50-55)65-37-17-20-40-72(65)77(74,58-29-11-5-12-30-58)59-31-13-6-14-32-59/h3-51H,1-2H3. The van der Waals surface area contributed by atoms with Crippen molar-refractivity contribution in [2.45, 2.75) is 30.1 Å². The Morgan fingerprint density at radius 2 is 0.526 bits per heavy atom. The number of benzene rings is 12. The third-order valence-electron chi connectivity index (χ3n) is 17.6. The minimum absolute atomic E-state index is 0.106. The summed E-state index contributed by atoms with van der Waals surface area (Å²) in [6, 6.07) is 111. The molecule has 0 fully saturated rings. The number of rotatable bonds is 9. The van der Waals surface area contributed by atoms with Gasteiger partial charge in [0.15, 0.2) is 0 Å². The van der Waals surface area contributed by atoms with Crippen LogP contribution in [0.1, 0.15) is 69.5 Å². The van der Waals surface area contributed by atoms with Crippen LogP contribution in [0, 0.1) is 0 Å². The Labute approximate surface area is 458 Å². The molecule has 0 saturated heterocycles. The van der Waals surface area contributed by atoms with Crippen LogP contribution in [-0.4, -0.2) is 0 Å². The van der Waals surface area contributed by atoms with Gasteiger partial charge in [0.2, 0.25) is 0 Å². The van der Waals surface area contributed by atoms with Crippen LogP contribution in [0.4, 0.5) is 17.1 Å². The molecule has 0 N–H and O–H groups in total. The lowest BCUT2D eigenvalue weighted by molar-refractivity contribution is 0.660. The van der Waals surface area contributed by atoms with Crippen LogP contribution in [0.25, 0.3) is 55.6 Å². The van der Waals surface area contributed by atoms with Crippen LogP contribution in [0.3, 0.4) is 0 Å². The first-order valence-corrected chi connectivity index (χ1v) is 27.4. The molecule has 0 aromatic heterocycles. The summed E-state index contributed by atoms with van der Waals surface area (Å²) in [6.07, 6.45) is 0. The molecule has 1 nitrogen and oxygen atoms in total. The maximum Gasteiger partial charge on any atom is 0.0713 e. The molecule has 0 unspecified atom stereocenters. The van der Waals surface area contributed by atoms with Gasteiger partial charge in [0, 0.05) is 22.5 Å². The van der Waals surface area contributed by atoms with E-state index in [9.17, 15) is 0 Å². The predicted molar refractivity (Wildman–Crippen MR) is 324 cm³/mol. The highest BCUT2D eigenvalue weighted by Crippen LogP contribution is 2.59. The maximum atomic E-state index is 2.47. The van der Waals surface area contributed by atoms with Crippen molar-refractivity contribution in [2.75, 3.05) is 4.90 Å². The summed E-state index contributed by atoms with van der Waals surface area (Å²) < 4.78 is 0. The van der Waals surface area contributed by atoms with Gasteiger partial charge in [-0.25, -0.2) is 0 Å². The zero-order valence-electron chi connectivity index (χ0n) is 43.7. The van der Waals surface area contributed by atoms with Gasteiger partial charge in [-0.3, -0.25) is 0 Å². The number of nitrogens with zero attached hydrogens (tertiary/aromatic N) is 1. The molecule has 0 amide bonds. The molecule has 12 aromatic rings. The Morgan fingerprint density at radius 1 is 0.218 bits per heavy atom. The quantitative estimate of drug-likeness (QED) is 0.139. The Bertz CT molecular complexity index is 3980. The summed E-state index contributed by atoms with van der Waals surface area (Å²) in [6.45, 7) is 4.72. The van der Waals surface area contributed by atoms with Crippen molar-refractivity contribution in [3.63, 3.8) is 0 Å². The molecule has 0 radical (unpaired) electrons. The van der Waals surface area contributed by atoms with Crippen molar-refractivity contribution in [1.29, 1.82) is 0 Å². The monoisotopic (exact) mass is 993 g/mol. The normalized spacial score (nSPS) is 14.3. The van der Waals surface area contributed by atoms with Gasteiger partial charge in [-0.2, -0.15) is 0 Å². The average Bonchev–Trinajstić information content (AvgIpc) is 4.24. The van der Waals surface area contributed by atoms with E-state index in [0.717, 1.165) is 28.2 Å². The van der Waals surface area contributed by atoms with Gasteiger partial charge in [-0.1, -0.05) is 263 Å². The molecule has 3 aliphatic carbocycles. The van der Waals surface area contributed by atoms with E-state index in [-0.39, 0.29) is 5.41 Å². The topological polar surface area (TPSA) is 3.24 Å². The van der Waals surface area contributed by atoms with E-state index in [1.54, 1.807) is 0 Å². The number of anilines is 3. The number of fused-ring (bicyclic) bond motifs is 9. The average molecular weight is 994 g/mol. The molecule has 15 rings (SSSR count). The zero-order valence-corrected chi connectivity index (χ0v) is 43.7. The second kappa shape index (κ2) is 17.8. The second-order valence-corrected chi connectivity index (χ2v) is 21.9. The van der Waals surface area contributed by atoms with Crippen LogP contribution in [0.15, 0.2) is 297 Å². The molecule has 0 bridgehead atoms. The molecule has 0 heterocycles. The van der Waals surface area contributed by atoms with E-state index in [0.29, 0.717) is 0 Å². The Morgan fingerprint density at radius 3 is 0.962 bits per heavy atom. The van der Waals surface area contributed by atoms with Crippen LogP contribution in [0.5, 0.6) is 0 Å². The summed E-state index contributed by atoms with van der Waals surface area (Å²) in [4.78, 5) is 2.47. The molecule has 0 saturated carbocycles. The van der Waals surface area contributed by atoms with Gasteiger partial charge in [-0.15, -0.1) is 0 Å². The lowest BCUT2D eigenvalue weighted by atomic mass is 9.67. The van der Waals surface area contributed by atoms with Gasteiger partial charge in [-0.05, 0) is 160 Å². The number of hydrogen-bond acceptors (Lipinski definition) is 1. The fourth-order valence-electron chi connectivity index (χ4n) is 14.2. The SMILES string of the molecule is CC1(C)c2ccccc2-c2cc(N(c3cccc(-c4ccc5c(c4)-c4ccccc4C5(c4ccccc4)c4ccccc4)c3)c3cccc(-c4ccc5c(c4)-c4ccccc4C5(c4ccccc4)c4ccccc4)c3)ccc21. The van der Waals surface area contributed by atoms with E-state index >= 15 is 0 Å². The van der Waals surface area contributed by atoms with Crippen molar-refractivity contribution >= 4 is 17.1 Å². The maximum absolute atomic E-state index is 2.47. The van der Waals surface area contributed by atoms with Crippen LogP contribution in [0.2, 0.25) is 0 Å². The molecule has 0 spiro atoms. The molecule has 78 heavy (non-hydrogen) atoms. The summed E-state index contributed by atoms with van der Waals surface area (Å²) in [5.74, 6) is 0. The Kier molecular flexibility index (Phi) is 10.4. The van der Waals surface area contributed by atoms with Crippen molar-refractivity contribution in [1.82, 2.24) is 0 Å². The highest BCUT2D eigenvalue weighted by Gasteiger charge is 2.47. The first-order valence-electron chi connectivity index (χ1n) is 27.4. The van der Waals surface area contributed by atoms with Gasteiger partial charge < -0.3 is 4.90 Å². The fraction of sp³-hybridized carbons (Fsp3) is 0.0649. The molecule has 368 valence electrons. The van der Waals surface area contributed by atoms with Crippen molar-refractivity contribution in [3.8, 4) is 55.6 Å². The second-order valence-electron chi connectivity index (χ2n) is 21.9. The Balaban J connectivity index is 0.886. The first kappa shape index (κ1) is 45.8. The van der Waals surface area contributed by atoms with E-state index < -0.39 is 10.8 Å². The van der Waals surface area contributed by atoms with Crippen molar-refractivity contribution < 1.29 is 0 Å². The van der Waals surface area contributed by atoms with Gasteiger partial charge in [0.1, 0.15) is 0 Å². The summed E-state index contributed by atoms with van der Waals surface area (Å²) in [7, 11) is 0. The molecule has 0 aliphatic heterocycles. The van der Waals surface area contributed by atoms with E-state index in [4.69, 9.17) is 0 Å². The van der Waals surface area contributed by atoms with E-state index in [1.807, 2.05) is 0 Å². The molecule has 12 aromatic carbocycles. The molecular weight excluding hydrogens is 939 g/mol. The number of hydrogen-bond donors (Lipinski definition) is 0. The third-order valence-corrected chi connectivity index (χ3v) is 17.6. The van der Waals surface area contributed by atoms with Gasteiger partial charge in [0.05, 0.1) is 10.8 Å². The Hall–Kier alpha value is -9.56. The molecular formula is C77H55N. The van der Waals surface area contributed by atoms with E-state index in [1.165, 1.54) is 100 Å². The van der Waals surface area contributed by atoms with Crippen molar-refractivity contribution in [2.24, 2.45) is 0 Å². The van der Waals surface area contributed by atoms with Crippen LogP contribution in [-0.2, 0) is 16.2 Å². The third kappa shape index (κ3) is 6.68. The van der Waals surface area contributed by atoms with Gasteiger partial charge in [0.25, 0.3) is 0 Å². The minimum Gasteiger partial charge on any atom is -0.310 e. The molecule has 1 heteroatoms. The minimum atomic E-state index is -0.452.